The molecule has 6 heteroatoms. The van der Waals surface area contributed by atoms with Crippen molar-refractivity contribution in [3.63, 3.8) is 0 Å². The highest BCUT2D eigenvalue weighted by Gasteiger charge is 2.19. The van der Waals surface area contributed by atoms with Crippen molar-refractivity contribution in [1.29, 1.82) is 0 Å². The van der Waals surface area contributed by atoms with E-state index in [2.05, 4.69) is 31.0 Å². The van der Waals surface area contributed by atoms with Crippen molar-refractivity contribution in [2.45, 2.75) is 6.54 Å². The van der Waals surface area contributed by atoms with Gasteiger partial charge in [0.15, 0.2) is 5.11 Å². The minimum absolute atomic E-state index is 0.792. The van der Waals surface area contributed by atoms with Crippen molar-refractivity contribution in [3.8, 4) is 0 Å². The molecule has 0 amide bonds. The summed E-state index contributed by atoms with van der Waals surface area (Å²) in [5, 5.41) is 4.09. The molecule has 3 rings (SSSR count). The third-order valence-corrected chi connectivity index (χ3v) is 4.60. The van der Waals surface area contributed by atoms with Gasteiger partial charge in [-0.25, -0.2) is 0 Å². The normalized spacial score (nSPS) is 15.8. The molecule has 1 N–H and O–H groups in total. The van der Waals surface area contributed by atoms with Crippen LogP contribution in [0, 0.1) is 0 Å². The Kier molecular flexibility index (Phi) is 5.12. The highest BCUT2D eigenvalue weighted by Crippen LogP contribution is 2.15. The first-order chi connectivity index (χ1) is 10.7. The maximum atomic E-state index is 5.51. The van der Waals surface area contributed by atoms with Crippen molar-refractivity contribution in [3.05, 3.63) is 52.9 Å². The molecule has 1 aromatic carbocycles. The van der Waals surface area contributed by atoms with Gasteiger partial charge >= 0.3 is 0 Å². The third kappa shape index (κ3) is 4.09. The maximum Gasteiger partial charge on any atom is 0.173 e. The number of anilines is 1. The molecule has 0 unspecified atom stereocenters. The van der Waals surface area contributed by atoms with E-state index in [1.807, 2.05) is 36.4 Å². The number of benzene rings is 1. The first-order valence-corrected chi connectivity index (χ1v) is 8.47. The number of halogens is 1. The molecule has 116 valence electrons. The average molecular weight is 380 g/mol. The second kappa shape index (κ2) is 7.26. The predicted molar refractivity (Wildman–Crippen MR) is 95.9 cm³/mol. The van der Waals surface area contributed by atoms with Crippen LogP contribution in [0.1, 0.15) is 5.76 Å². The van der Waals surface area contributed by atoms with Crippen LogP contribution in [0.2, 0.25) is 0 Å². The minimum atomic E-state index is 0.792. The van der Waals surface area contributed by atoms with Crippen LogP contribution in [0.3, 0.4) is 0 Å². The number of hydrogen-bond donors (Lipinski definition) is 1. The van der Waals surface area contributed by atoms with Gasteiger partial charge in [0.25, 0.3) is 0 Å². The summed E-state index contributed by atoms with van der Waals surface area (Å²) in [4.78, 5) is 4.60. The smallest absolute Gasteiger partial charge is 0.173 e. The summed E-state index contributed by atoms with van der Waals surface area (Å²) in [6.07, 6.45) is 1.73. The fraction of sp³-hybridized carbons (Fsp3) is 0.312. The SMILES string of the molecule is S=C(Nc1ccc(Br)cc1)N1CCN(Cc2ccco2)CC1. The Labute approximate surface area is 144 Å². The Morgan fingerprint density at radius 2 is 1.86 bits per heavy atom. The first kappa shape index (κ1) is 15.5. The zero-order valence-electron chi connectivity index (χ0n) is 12.2. The quantitative estimate of drug-likeness (QED) is 0.824. The molecule has 2 heterocycles. The molecule has 22 heavy (non-hydrogen) atoms. The fourth-order valence-corrected chi connectivity index (χ4v) is 3.03. The highest BCUT2D eigenvalue weighted by molar-refractivity contribution is 9.10. The van der Waals surface area contributed by atoms with E-state index in [1.54, 1.807) is 6.26 Å². The number of nitrogens with one attached hydrogen (secondary N) is 1. The zero-order valence-corrected chi connectivity index (χ0v) is 14.6. The third-order valence-electron chi connectivity index (χ3n) is 3.71. The Bertz CT molecular complexity index is 607. The van der Waals surface area contributed by atoms with Gasteiger partial charge in [0.1, 0.15) is 5.76 Å². The second-order valence-electron chi connectivity index (χ2n) is 5.28. The van der Waals surface area contributed by atoms with Gasteiger partial charge in [0, 0.05) is 36.3 Å². The van der Waals surface area contributed by atoms with Crippen LogP contribution in [-0.4, -0.2) is 41.1 Å². The van der Waals surface area contributed by atoms with E-state index in [0.717, 1.165) is 53.8 Å². The Balaban J connectivity index is 1.48. The largest absolute Gasteiger partial charge is 0.468 e. The van der Waals surface area contributed by atoms with Gasteiger partial charge in [0.05, 0.1) is 12.8 Å². The summed E-state index contributed by atoms with van der Waals surface area (Å²) in [7, 11) is 0. The molecular weight excluding hydrogens is 362 g/mol. The summed E-state index contributed by atoms with van der Waals surface area (Å²) < 4.78 is 6.47. The van der Waals surface area contributed by atoms with E-state index in [1.165, 1.54) is 0 Å². The van der Waals surface area contributed by atoms with Gasteiger partial charge in [-0.15, -0.1) is 0 Å². The van der Waals surface area contributed by atoms with E-state index in [0.29, 0.717) is 0 Å². The van der Waals surface area contributed by atoms with Crippen LogP contribution in [0.25, 0.3) is 0 Å². The van der Waals surface area contributed by atoms with E-state index >= 15 is 0 Å². The molecule has 2 aromatic rings. The number of hydrogen-bond acceptors (Lipinski definition) is 3. The summed E-state index contributed by atoms with van der Waals surface area (Å²) in [5.41, 5.74) is 1.02. The number of piperazine rings is 1. The number of furan rings is 1. The molecular formula is C16H18BrN3OS. The summed E-state index contributed by atoms with van der Waals surface area (Å²) in [6, 6.07) is 12.0. The molecule has 1 saturated heterocycles. The highest BCUT2D eigenvalue weighted by atomic mass is 79.9. The van der Waals surface area contributed by atoms with E-state index in [4.69, 9.17) is 16.6 Å². The molecule has 0 atom stereocenters. The monoisotopic (exact) mass is 379 g/mol. The second-order valence-corrected chi connectivity index (χ2v) is 6.58. The van der Waals surface area contributed by atoms with Gasteiger partial charge in [-0.3, -0.25) is 4.90 Å². The molecule has 0 radical (unpaired) electrons. The Morgan fingerprint density at radius 1 is 1.14 bits per heavy atom. The van der Waals surface area contributed by atoms with Gasteiger partial charge in [0.2, 0.25) is 0 Å². The first-order valence-electron chi connectivity index (χ1n) is 7.27. The van der Waals surface area contributed by atoms with Crippen LogP contribution in [0.4, 0.5) is 5.69 Å². The lowest BCUT2D eigenvalue weighted by molar-refractivity contribution is 0.166. The lowest BCUT2D eigenvalue weighted by Crippen LogP contribution is -2.49. The Morgan fingerprint density at radius 3 is 2.50 bits per heavy atom. The minimum Gasteiger partial charge on any atom is -0.468 e. The predicted octanol–water partition coefficient (Wildman–Crippen LogP) is 3.56. The molecule has 1 aliphatic rings. The summed E-state index contributed by atoms with van der Waals surface area (Å²) in [6.45, 7) is 4.71. The van der Waals surface area contributed by atoms with Crippen molar-refractivity contribution in [2.24, 2.45) is 0 Å². The molecule has 0 saturated carbocycles. The number of thiocarbonyl (C=S) groups is 1. The zero-order chi connectivity index (χ0) is 15.4. The summed E-state index contributed by atoms with van der Waals surface area (Å²) >= 11 is 8.94. The number of nitrogens with zero attached hydrogens (tertiary/aromatic N) is 2. The standard InChI is InChI=1S/C16H18BrN3OS/c17-13-3-5-14(6-4-13)18-16(22)20-9-7-19(8-10-20)12-15-2-1-11-21-15/h1-6,11H,7-10,12H2,(H,18,22). The molecule has 0 aliphatic carbocycles. The van der Waals surface area contributed by atoms with E-state index in [-0.39, 0.29) is 0 Å². The number of rotatable bonds is 3. The van der Waals surface area contributed by atoms with Gasteiger partial charge in [-0.2, -0.15) is 0 Å². The van der Waals surface area contributed by atoms with Crippen molar-refractivity contribution in [2.75, 3.05) is 31.5 Å². The molecule has 4 nitrogen and oxygen atoms in total. The molecule has 1 fully saturated rings. The van der Waals surface area contributed by atoms with Crippen LogP contribution in [0.5, 0.6) is 0 Å². The topological polar surface area (TPSA) is 31.6 Å². The molecule has 0 spiro atoms. The fourth-order valence-electron chi connectivity index (χ4n) is 2.47. The van der Waals surface area contributed by atoms with Gasteiger partial charge < -0.3 is 14.6 Å². The molecule has 1 aliphatic heterocycles. The van der Waals surface area contributed by atoms with Crippen molar-refractivity contribution >= 4 is 38.9 Å². The van der Waals surface area contributed by atoms with Crippen LogP contribution >= 0.6 is 28.1 Å². The lowest BCUT2D eigenvalue weighted by Gasteiger charge is -2.35. The molecule has 0 bridgehead atoms. The lowest BCUT2D eigenvalue weighted by atomic mass is 10.3. The molecule has 1 aromatic heterocycles. The summed E-state index contributed by atoms with van der Waals surface area (Å²) in [5.74, 6) is 1.02. The average Bonchev–Trinajstić information content (AvgIpc) is 3.03. The van der Waals surface area contributed by atoms with Crippen molar-refractivity contribution < 1.29 is 4.42 Å². The van der Waals surface area contributed by atoms with E-state index in [9.17, 15) is 0 Å². The van der Waals surface area contributed by atoms with Crippen molar-refractivity contribution in [1.82, 2.24) is 9.80 Å². The van der Waals surface area contributed by atoms with Crippen LogP contribution in [0.15, 0.2) is 51.6 Å². The van der Waals surface area contributed by atoms with Gasteiger partial charge in [-0.05, 0) is 48.6 Å². The maximum absolute atomic E-state index is 5.51. The van der Waals surface area contributed by atoms with E-state index < -0.39 is 0 Å². The Hall–Kier alpha value is -1.37. The van der Waals surface area contributed by atoms with Crippen LogP contribution in [-0.2, 0) is 6.54 Å². The van der Waals surface area contributed by atoms with Gasteiger partial charge in [-0.1, -0.05) is 15.9 Å². The van der Waals surface area contributed by atoms with Crippen LogP contribution < -0.4 is 5.32 Å².